The Kier molecular flexibility index (Phi) is 5.63. The molecule has 0 bridgehead atoms. The Morgan fingerprint density at radius 3 is 2.71 bits per heavy atom. The summed E-state index contributed by atoms with van der Waals surface area (Å²) in [4.78, 5) is 6.10. The fraction of sp³-hybridized carbons (Fsp3) is 0.333. The van der Waals surface area contributed by atoms with Crippen molar-refractivity contribution in [2.75, 3.05) is 26.7 Å². The molecule has 2 N–H and O–H groups in total. The van der Waals surface area contributed by atoms with Crippen molar-refractivity contribution in [3.63, 3.8) is 0 Å². The van der Waals surface area contributed by atoms with Gasteiger partial charge in [-0.15, -0.1) is 0 Å². The van der Waals surface area contributed by atoms with Crippen LogP contribution in [0.4, 0.5) is 0 Å². The maximum absolute atomic E-state index is 12.6. The Balaban J connectivity index is 1.40. The number of halogens is 1. The third-order valence-electron chi connectivity index (χ3n) is 8.32. The molecule has 0 spiro atoms. The maximum atomic E-state index is 12.6. The van der Waals surface area contributed by atoms with Gasteiger partial charge < -0.3 is 19.7 Å². The molecule has 5 heteroatoms. The van der Waals surface area contributed by atoms with Crippen LogP contribution >= 0.6 is 11.6 Å². The lowest BCUT2D eigenvalue weighted by Gasteiger charge is -2.56. The van der Waals surface area contributed by atoms with E-state index in [-0.39, 0.29) is 5.41 Å². The molecule has 6 rings (SSSR count). The van der Waals surface area contributed by atoms with Gasteiger partial charge in [-0.05, 0) is 66.4 Å². The van der Waals surface area contributed by atoms with Gasteiger partial charge in [0.05, 0.1) is 12.7 Å². The number of likely N-dealkylation sites (tertiary alicyclic amines) is 1. The van der Waals surface area contributed by atoms with E-state index in [1.807, 2.05) is 30.3 Å². The molecule has 0 saturated carbocycles. The number of piperidine rings is 1. The number of benzene rings is 3. The van der Waals surface area contributed by atoms with Gasteiger partial charge in [-0.2, -0.15) is 0 Å². The molecule has 2 unspecified atom stereocenters. The van der Waals surface area contributed by atoms with Gasteiger partial charge in [-0.25, -0.2) is 0 Å². The van der Waals surface area contributed by atoms with E-state index in [9.17, 15) is 5.11 Å². The van der Waals surface area contributed by atoms with Crippen LogP contribution in [0.25, 0.3) is 10.9 Å². The number of methoxy groups -OCH3 is 1. The monoisotopic (exact) mass is 486 g/mol. The molecule has 3 aromatic carbocycles. The quantitative estimate of drug-likeness (QED) is 0.389. The molecule has 1 fully saturated rings. The summed E-state index contributed by atoms with van der Waals surface area (Å²) in [5.74, 6) is 0.833. The van der Waals surface area contributed by atoms with Crippen molar-refractivity contribution >= 4 is 22.5 Å². The summed E-state index contributed by atoms with van der Waals surface area (Å²) >= 11 is 6.37. The molecule has 0 amide bonds. The van der Waals surface area contributed by atoms with E-state index in [2.05, 4.69) is 52.3 Å². The van der Waals surface area contributed by atoms with E-state index in [1.165, 1.54) is 16.8 Å². The van der Waals surface area contributed by atoms with Crippen molar-refractivity contribution in [1.82, 2.24) is 9.88 Å². The summed E-state index contributed by atoms with van der Waals surface area (Å²) in [6.45, 7) is 2.53. The van der Waals surface area contributed by atoms with Gasteiger partial charge in [-0.3, -0.25) is 0 Å². The Morgan fingerprint density at radius 2 is 1.89 bits per heavy atom. The first-order valence-electron chi connectivity index (χ1n) is 12.4. The molecule has 1 saturated heterocycles. The first-order chi connectivity index (χ1) is 17.0. The molecule has 2 aliphatic rings. The number of hydrogen-bond donors (Lipinski definition) is 2. The van der Waals surface area contributed by atoms with Gasteiger partial charge in [0, 0.05) is 53.0 Å². The number of H-pyrrole nitrogens is 1. The fourth-order valence-corrected chi connectivity index (χ4v) is 6.61. The predicted octanol–water partition coefficient (Wildman–Crippen LogP) is 5.55. The number of aromatic amines is 1. The van der Waals surface area contributed by atoms with Crippen LogP contribution in [-0.2, 0) is 24.7 Å². The van der Waals surface area contributed by atoms with Crippen molar-refractivity contribution in [2.24, 2.45) is 0 Å². The zero-order valence-electron chi connectivity index (χ0n) is 20.1. The third kappa shape index (κ3) is 3.85. The van der Waals surface area contributed by atoms with Gasteiger partial charge in [0.1, 0.15) is 5.75 Å². The first-order valence-corrected chi connectivity index (χ1v) is 12.8. The number of fused-ring (bicyclic) bond motifs is 4. The average molecular weight is 487 g/mol. The third-order valence-corrected chi connectivity index (χ3v) is 8.55. The highest BCUT2D eigenvalue weighted by Crippen LogP contribution is 2.52. The van der Waals surface area contributed by atoms with Crippen molar-refractivity contribution in [2.45, 2.75) is 36.7 Å². The van der Waals surface area contributed by atoms with Crippen molar-refractivity contribution in [1.29, 1.82) is 0 Å². The summed E-state index contributed by atoms with van der Waals surface area (Å²) < 4.78 is 5.58. The van der Waals surface area contributed by atoms with E-state index in [0.29, 0.717) is 13.0 Å². The number of rotatable bonds is 5. The van der Waals surface area contributed by atoms with Crippen LogP contribution in [0.1, 0.15) is 28.8 Å². The van der Waals surface area contributed by atoms with Gasteiger partial charge in [0.15, 0.2) is 0 Å². The summed E-state index contributed by atoms with van der Waals surface area (Å²) in [5, 5.41) is 14.4. The predicted molar refractivity (Wildman–Crippen MR) is 142 cm³/mol. The smallest absolute Gasteiger partial charge is 0.119 e. The van der Waals surface area contributed by atoms with Crippen LogP contribution in [-0.4, -0.2) is 47.3 Å². The molecule has 1 aliphatic heterocycles. The average Bonchev–Trinajstić information content (AvgIpc) is 3.21. The molecule has 4 aromatic rings. The lowest BCUT2D eigenvalue weighted by molar-refractivity contribution is -0.102. The minimum atomic E-state index is -0.904. The molecule has 2 heterocycles. The van der Waals surface area contributed by atoms with Crippen LogP contribution in [0.5, 0.6) is 5.75 Å². The Morgan fingerprint density at radius 1 is 1.03 bits per heavy atom. The second kappa shape index (κ2) is 8.70. The number of aromatic nitrogens is 1. The van der Waals surface area contributed by atoms with Crippen LogP contribution in [0.3, 0.4) is 0 Å². The number of hydrogen-bond acceptors (Lipinski definition) is 3. The molecule has 1 aliphatic carbocycles. The van der Waals surface area contributed by atoms with E-state index in [0.717, 1.165) is 59.6 Å². The van der Waals surface area contributed by atoms with Crippen molar-refractivity contribution in [3.05, 3.63) is 100 Å². The maximum Gasteiger partial charge on any atom is 0.119 e. The van der Waals surface area contributed by atoms with Crippen molar-refractivity contribution in [3.8, 4) is 5.75 Å². The Labute approximate surface area is 211 Å². The Bertz CT molecular complexity index is 1370. The second-order valence-corrected chi connectivity index (χ2v) is 10.7. The number of aliphatic hydroxyl groups is 1. The summed E-state index contributed by atoms with van der Waals surface area (Å²) in [6, 6.07) is 24.9. The summed E-state index contributed by atoms with van der Waals surface area (Å²) in [5.41, 5.74) is 4.70. The fourth-order valence-electron chi connectivity index (χ4n) is 6.44. The highest BCUT2D eigenvalue weighted by Gasteiger charge is 2.57. The van der Waals surface area contributed by atoms with Gasteiger partial charge in [-0.1, -0.05) is 54.1 Å². The topological polar surface area (TPSA) is 48.5 Å². The van der Waals surface area contributed by atoms with Crippen LogP contribution in [0.15, 0.2) is 72.8 Å². The summed E-state index contributed by atoms with van der Waals surface area (Å²) in [6.07, 6.45) is 3.24. The lowest BCUT2D eigenvalue weighted by Crippen LogP contribution is -2.66. The zero-order valence-corrected chi connectivity index (χ0v) is 20.8. The van der Waals surface area contributed by atoms with E-state index >= 15 is 0 Å². The molecule has 180 valence electrons. The summed E-state index contributed by atoms with van der Waals surface area (Å²) in [7, 11) is 1.70. The largest absolute Gasteiger partial charge is 0.497 e. The Hall–Kier alpha value is -2.79. The van der Waals surface area contributed by atoms with E-state index < -0.39 is 5.60 Å². The standard InChI is InChI=1S/C30H31ClN2O2/c1-35-24-9-5-8-22(16-24)29-13-15-33(14-12-21-6-3-2-4-7-21)20-30(29,34)18-26-25-17-23(31)10-11-27(25)32-28(26)19-29/h2-11,16-17,32,34H,12-15,18-20H2,1H3. The number of β-amino-alcohol motifs (C(OH)–C–C–N with tert-alkyl or cyclic N) is 1. The molecule has 4 nitrogen and oxygen atoms in total. The molecular weight excluding hydrogens is 456 g/mol. The number of ether oxygens (including phenoxy) is 1. The van der Waals surface area contributed by atoms with Gasteiger partial charge in [0.2, 0.25) is 0 Å². The zero-order chi connectivity index (χ0) is 24.0. The lowest BCUT2D eigenvalue weighted by atomic mass is 9.56. The minimum Gasteiger partial charge on any atom is -0.497 e. The highest BCUT2D eigenvalue weighted by molar-refractivity contribution is 6.31. The minimum absolute atomic E-state index is 0.386. The van der Waals surface area contributed by atoms with Crippen LogP contribution in [0, 0.1) is 0 Å². The van der Waals surface area contributed by atoms with Gasteiger partial charge in [0.25, 0.3) is 0 Å². The molecule has 0 radical (unpaired) electrons. The van der Waals surface area contributed by atoms with Crippen molar-refractivity contribution < 1.29 is 9.84 Å². The SMILES string of the molecule is COc1cccc(C23CCN(CCc4ccccc4)CC2(O)Cc2c([nH]c4ccc(Cl)cc24)C3)c1. The molecule has 1 aromatic heterocycles. The first kappa shape index (κ1) is 22.7. The van der Waals surface area contributed by atoms with E-state index in [4.69, 9.17) is 16.3 Å². The van der Waals surface area contributed by atoms with E-state index in [1.54, 1.807) is 7.11 Å². The number of nitrogens with zero attached hydrogens (tertiary/aromatic N) is 1. The van der Waals surface area contributed by atoms with Crippen LogP contribution < -0.4 is 4.74 Å². The highest BCUT2D eigenvalue weighted by atomic mass is 35.5. The van der Waals surface area contributed by atoms with Crippen LogP contribution in [0.2, 0.25) is 5.02 Å². The molecule has 2 atom stereocenters. The number of nitrogens with one attached hydrogen (secondary N) is 1. The molecule has 35 heavy (non-hydrogen) atoms. The van der Waals surface area contributed by atoms with Gasteiger partial charge >= 0.3 is 0 Å². The molecular formula is C30H31ClN2O2. The second-order valence-electron chi connectivity index (χ2n) is 10.2. The normalized spacial score (nSPS) is 24.2.